The molecule has 0 saturated carbocycles. The first-order valence-corrected chi connectivity index (χ1v) is 8.14. The Labute approximate surface area is 143 Å². The van der Waals surface area contributed by atoms with Gasteiger partial charge < -0.3 is 4.74 Å². The van der Waals surface area contributed by atoms with E-state index >= 15 is 0 Å². The number of nitrogens with zero attached hydrogens (tertiary/aromatic N) is 1. The standard InChI is InChI=1S/C22H19NO/c1-2-15-24-20-13-11-19(12-14-20)22-6-4-3-5-21(22)18-9-7-17(16-23)8-10-18/h3-14H,2,15H2,1H3. The Hall–Kier alpha value is -3.05. The molecule has 0 fully saturated rings. The van der Waals surface area contributed by atoms with Crippen molar-refractivity contribution in [1.29, 1.82) is 5.26 Å². The molecule has 118 valence electrons. The Morgan fingerprint density at radius 2 is 1.33 bits per heavy atom. The van der Waals surface area contributed by atoms with Crippen LogP contribution in [0.5, 0.6) is 5.75 Å². The van der Waals surface area contributed by atoms with Gasteiger partial charge in [0, 0.05) is 0 Å². The normalized spacial score (nSPS) is 10.2. The van der Waals surface area contributed by atoms with Crippen LogP contribution in [-0.4, -0.2) is 6.61 Å². The Morgan fingerprint density at radius 3 is 1.83 bits per heavy atom. The Bertz CT molecular complexity index is 842. The Balaban J connectivity index is 1.95. The number of rotatable bonds is 5. The molecule has 0 aromatic heterocycles. The van der Waals surface area contributed by atoms with Crippen LogP contribution in [0.25, 0.3) is 22.3 Å². The van der Waals surface area contributed by atoms with E-state index in [1.165, 1.54) is 5.56 Å². The van der Waals surface area contributed by atoms with Gasteiger partial charge in [0.1, 0.15) is 5.75 Å². The predicted octanol–water partition coefficient (Wildman–Crippen LogP) is 5.68. The molecule has 0 spiro atoms. The molecule has 3 rings (SSSR count). The highest BCUT2D eigenvalue weighted by Gasteiger charge is 2.07. The zero-order valence-electron chi connectivity index (χ0n) is 13.7. The summed E-state index contributed by atoms with van der Waals surface area (Å²) in [4.78, 5) is 0. The summed E-state index contributed by atoms with van der Waals surface area (Å²) < 4.78 is 5.66. The number of hydrogen-bond acceptors (Lipinski definition) is 2. The van der Waals surface area contributed by atoms with Gasteiger partial charge in [-0.2, -0.15) is 5.26 Å². The summed E-state index contributed by atoms with van der Waals surface area (Å²) in [6.45, 7) is 2.84. The van der Waals surface area contributed by atoms with Crippen molar-refractivity contribution < 1.29 is 4.74 Å². The zero-order valence-corrected chi connectivity index (χ0v) is 13.7. The quantitative estimate of drug-likeness (QED) is 0.607. The molecule has 0 heterocycles. The topological polar surface area (TPSA) is 33.0 Å². The molecule has 0 aliphatic carbocycles. The minimum Gasteiger partial charge on any atom is -0.494 e. The second kappa shape index (κ2) is 7.48. The first-order chi connectivity index (χ1) is 11.8. The van der Waals surface area contributed by atoms with Crippen LogP contribution in [0, 0.1) is 11.3 Å². The lowest BCUT2D eigenvalue weighted by Gasteiger charge is -2.11. The number of ether oxygens (including phenoxy) is 1. The van der Waals surface area contributed by atoms with Gasteiger partial charge in [0.2, 0.25) is 0 Å². The van der Waals surface area contributed by atoms with Gasteiger partial charge in [-0.1, -0.05) is 55.5 Å². The van der Waals surface area contributed by atoms with Crippen LogP contribution in [0.1, 0.15) is 18.9 Å². The van der Waals surface area contributed by atoms with Gasteiger partial charge in [0.25, 0.3) is 0 Å². The van der Waals surface area contributed by atoms with Crippen LogP contribution in [0.4, 0.5) is 0 Å². The molecule has 2 heteroatoms. The highest BCUT2D eigenvalue weighted by Crippen LogP contribution is 2.32. The summed E-state index contributed by atoms with van der Waals surface area (Å²) in [5.41, 5.74) is 5.26. The second-order valence-electron chi connectivity index (χ2n) is 5.61. The molecular weight excluding hydrogens is 294 g/mol. The molecule has 0 saturated heterocycles. The summed E-state index contributed by atoms with van der Waals surface area (Å²) in [6, 6.07) is 26.4. The highest BCUT2D eigenvalue weighted by molar-refractivity contribution is 5.83. The maximum atomic E-state index is 8.96. The fourth-order valence-corrected chi connectivity index (χ4v) is 2.66. The second-order valence-corrected chi connectivity index (χ2v) is 5.61. The van der Waals surface area contributed by atoms with E-state index in [0.717, 1.165) is 35.5 Å². The first-order valence-electron chi connectivity index (χ1n) is 8.14. The van der Waals surface area contributed by atoms with Crippen LogP contribution in [0.15, 0.2) is 72.8 Å². The van der Waals surface area contributed by atoms with E-state index in [4.69, 9.17) is 10.00 Å². The van der Waals surface area contributed by atoms with Gasteiger partial charge in [-0.15, -0.1) is 0 Å². The van der Waals surface area contributed by atoms with Crippen LogP contribution >= 0.6 is 0 Å². The fourth-order valence-electron chi connectivity index (χ4n) is 2.66. The van der Waals surface area contributed by atoms with Crippen LogP contribution < -0.4 is 4.74 Å². The highest BCUT2D eigenvalue weighted by atomic mass is 16.5. The fraction of sp³-hybridized carbons (Fsp3) is 0.136. The maximum Gasteiger partial charge on any atom is 0.119 e. The summed E-state index contributed by atoms with van der Waals surface area (Å²) in [5, 5.41) is 8.96. The van der Waals surface area contributed by atoms with Crippen molar-refractivity contribution in [3.8, 4) is 34.1 Å². The summed E-state index contributed by atoms with van der Waals surface area (Å²) >= 11 is 0. The van der Waals surface area contributed by atoms with Gasteiger partial charge in [0.05, 0.1) is 18.2 Å². The van der Waals surface area contributed by atoms with Crippen LogP contribution in [0.3, 0.4) is 0 Å². The van der Waals surface area contributed by atoms with E-state index in [2.05, 4.69) is 37.3 Å². The van der Waals surface area contributed by atoms with Gasteiger partial charge in [-0.25, -0.2) is 0 Å². The van der Waals surface area contributed by atoms with Crippen molar-refractivity contribution in [3.05, 3.63) is 78.4 Å². The molecule has 0 N–H and O–H groups in total. The van der Waals surface area contributed by atoms with Crippen molar-refractivity contribution in [3.63, 3.8) is 0 Å². The maximum absolute atomic E-state index is 8.96. The third-order valence-electron chi connectivity index (χ3n) is 3.89. The lowest BCUT2D eigenvalue weighted by Crippen LogP contribution is -1.94. The van der Waals surface area contributed by atoms with E-state index in [-0.39, 0.29) is 0 Å². The summed E-state index contributed by atoms with van der Waals surface area (Å²) in [7, 11) is 0. The lowest BCUT2D eigenvalue weighted by atomic mass is 9.94. The first kappa shape index (κ1) is 15.8. The average molecular weight is 313 g/mol. The van der Waals surface area contributed by atoms with Crippen molar-refractivity contribution in [2.75, 3.05) is 6.61 Å². The average Bonchev–Trinajstić information content (AvgIpc) is 2.67. The van der Waals surface area contributed by atoms with Gasteiger partial charge in [0.15, 0.2) is 0 Å². The van der Waals surface area contributed by atoms with Gasteiger partial charge in [-0.05, 0) is 52.9 Å². The molecule has 3 aromatic rings. The van der Waals surface area contributed by atoms with Crippen LogP contribution in [0.2, 0.25) is 0 Å². The molecule has 0 aliphatic rings. The molecule has 0 aliphatic heterocycles. The smallest absolute Gasteiger partial charge is 0.119 e. The molecular formula is C22H19NO. The molecule has 0 atom stereocenters. The van der Waals surface area contributed by atoms with E-state index in [9.17, 15) is 0 Å². The van der Waals surface area contributed by atoms with Crippen LogP contribution in [-0.2, 0) is 0 Å². The minimum absolute atomic E-state index is 0.675. The van der Waals surface area contributed by atoms with E-state index in [1.807, 2.05) is 48.5 Å². The van der Waals surface area contributed by atoms with E-state index in [1.54, 1.807) is 0 Å². The van der Waals surface area contributed by atoms with Gasteiger partial charge in [-0.3, -0.25) is 0 Å². The molecule has 24 heavy (non-hydrogen) atoms. The molecule has 0 radical (unpaired) electrons. The number of hydrogen-bond donors (Lipinski definition) is 0. The van der Waals surface area contributed by atoms with Crippen molar-refractivity contribution >= 4 is 0 Å². The SMILES string of the molecule is CCCOc1ccc(-c2ccccc2-c2ccc(C#N)cc2)cc1. The molecule has 0 unspecified atom stereocenters. The monoisotopic (exact) mass is 313 g/mol. The molecule has 0 amide bonds. The minimum atomic E-state index is 0.675. The number of benzene rings is 3. The molecule has 2 nitrogen and oxygen atoms in total. The molecule has 0 bridgehead atoms. The van der Waals surface area contributed by atoms with Gasteiger partial charge >= 0.3 is 0 Å². The Morgan fingerprint density at radius 1 is 0.792 bits per heavy atom. The molecule has 3 aromatic carbocycles. The largest absolute Gasteiger partial charge is 0.494 e. The van der Waals surface area contributed by atoms with E-state index in [0.29, 0.717) is 5.56 Å². The van der Waals surface area contributed by atoms with Crippen molar-refractivity contribution in [2.24, 2.45) is 0 Å². The van der Waals surface area contributed by atoms with E-state index < -0.39 is 0 Å². The third-order valence-corrected chi connectivity index (χ3v) is 3.89. The number of nitriles is 1. The van der Waals surface area contributed by atoms with Crippen molar-refractivity contribution in [1.82, 2.24) is 0 Å². The summed E-state index contributed by atoms with van der Waals surface area (Å²) in [6.07, 6.45) is 1.00. The zero-order chi connectivity index (χ0) is 16.8. The van der Waals surface area contributed by atoms with Crippen molar-refractivity contribution in [2.45, 2.75) is 13.3 Å². The lowest BCUT2D eigenvalue weighted by molar-refractivity contribution is 0.317. The predicted molar refractivity (Wildman–Crippen MR) is 97.8 cm³/mol. The summed E-state index contributed by atoms with van der Waals surface area (Å²) in [5.74, 6) is 0.899. The third kappa shape index (κ3) is 3.47. The Kier molecular flexibility index (Phi) is 4.93.